The van der Waals surface area contributed by atoms with Crippen molar-refractivity contribution in [2.75, 3.05) is 51.2 Å². The van der Waals surface area contributed by atoms with Crippen LogP contribution in [-0.2, 0) is 16.1 Å². The molecule has 222 valence electrons. The third-order valence-electron chi connectivity index (χ3n) is 8.12. The summed E-state index contributed by atoms with van der Waals surface area (Å²) in [5.41, 5.74) is 2.28. The highest BCUT2D eigenvalue weighted by atomic mass is 16.5. The summed E-state index contributed by atoms with van der Waals surface area (Å²) in [6, 6.07) is 16.2. The quantitative estimate of drug-likeness (QED) is 0.501. The molecular weight excluding hydrogens is 520 g/mol. The van der Waals surface area contributed by atoms with Gasteiger partial charge in [0.1, 0.15) is 5.75 Å². The SMILES string of the molecule is CC(C)c1ccc(CN(C)C(=O)[C@H]2CCCN(c3cccc(OC(C)(C)C(=O)N4CCN(C(=O)O)CC4)c3)C2)cc1. The Morgan fingerprint density at radius 1 is 1.00 bits per heavy atom. The zero-order valence-corrected chi connectivity index (χ0v) is 25.0. The first-order chi connectivity index (χ1) is 19.4. The molecule has 1 atom stereocenters. The summed E-state index contributed by atoms with van der Waals surface area (Å²) >= 11 is 0. The van der Waals surface area contributed by atoms with Gasteiger partial charge in [0.2, 0.25) is 5.91 Å². The number of ether oxygens (including phenoxy) is 1. The second kappa shape index (κ2) is 12.8. The first-order valence-electron chi connectivity index (χ1n) is 14.6. The Bertz CT molecular complexity index is 1220. The maximum absolute atomic E-state index is 13.4. The van der Waals surface area contributed by atoms with E-state index in [1.54, 1.807) is 18.7 Å². The summed E-state index contributed by atoms with van der Waals surface area (Å²) in [7, 11) is 1.88. The Morgan fingerprint density at radius 2 is 1.66 bits per heavy atom. The normalized spacial score (nSPS) is 17.9. The lowest BCUT2D eigenvalue weighted by atomic mass is 9.95. The number of rotatable bonds is 8. The van der Waals surface area contributed by atoms with E-state index in [0.29, 0.717) is 50.9 Å². The van der Waals surface area contributed by atoms with E-state index in [-0.39, 0.29) is 17.7 Å². The van der Waals surface area contributed by atoms with Gasteiger partial charge in [-0.05, 0) is 55.9 Å². The topological polar surface area (TPSA) is 93.6 Å². The van der Waals surface area contributed by atoms with Crippen LogP contribution in [-0.4, -0.2) is 89.6 Å². The lowest BCUT2D eigenvalue weighted by Crippen LogP contribution is -2.56. The smallest absolute Gasteiger partial charge is 0.407 e. The minimum Gasteiger partial charge on any atom is -0.478 e. The molecule has 2 aromatic rings. The van der Waals surface area contributed by atoms with Gasteiger partial charge in [0.15, 0.2) is 5.60 Å². The van der Waals surface area contributed by atoms with Crippen molar-refractivity contribution in [2.24, 2.45) is 5.92 Å². The maximum Gasteiger partial charge on any atom is 0.407 e. The third kappa shape index (κ3) is 7.51. The number of carbonyl (C=O) groups excluding carboxylic acids is 2. The molecule has 0 unspecified atom stereocenters. The van der Waals surface area contributed by atoms with E-state index < -0.39 is 11.7 Å². The van der Waals surface area contributed by atoms with Crippen molar-refractivity contribution >= 4 is 23.6 Å². The van der Waals surface area contributed by atoms with Crippen LogP contribution >= 0.6 is 0 Å². The molecule has 2 aromatic carbocycles. The van der Waals surface area contributed by atoms with Crippen LogP contribution in [0.1, 0.15) is 57.6 Å². The van der Waals surface area contributed by atoms with E-state index in [2.05, 4.69) is 43.0 Å². The van der Waals surface area contributed by atoms with Gasteiger partial charge in [0.05, 0.1) is 5.92 Å². The van der Waals surface area contributed by atoms with Crippen molar-refractivity contribution in [1.82, 2.24) is 14.7 Å². The molecule has 0 saturated carbocycles. The van der Waals surface area contributed by atoms with Crippen molar-refractivity contribution in [3.05, 3.63) is 59.7 Å². The van der Waals surface area contributed by atoms with Gasteiger partial charge in [0.25, 0.3) is 5.91 Å². The van der Waals surface area contributed by atoms with Crippen molar-refractivity contribution < 1.29 is 24.2 Å². The number of hydrogen-bond acceptors (Lipinski definition) is 5. The average Bonchev–Trinajstić information content (AvgIpc) is 2.96. The number of carboxylic acid groups (broad SMARTS) is 1. The van der Waals surface area contributed by atoms with Gasteiger partial charge in [0, 0.05) is 64.6 Å². The summed E-state index contributed by atoms with van der Waals surface area (Å²) in [5.74, 6) is 0.966. The maximum atomic E-state index is 13.4. The summed E-state index contributed by atoms with van der Waals surface area (Å²) in [4.78, 5) is 44.9. The highest BCUT2D eigenvalue weighted by Gasteiger charge is 2.36. The molecule has 2 heterocycles. The van der Waals surface area contributed by atoms with E-state index in [9.17, 15) is 19.5 Å². The van der Waals surface area contributed by atoms with Gasteiger partial charge < -0.3 is 29.4 Å². The predicted molar refractivity (Wildman–Crippen MR) is 159 cm³/mol. The molecule has 2 saturated heterocycles. The standard InChI is InChI=1S/C32H44N4O5/c1-23(2)25-13-11-24(12-14-25)21-33(5)29(37)26-8-7-15-36(22-26)27-9-6-10-28(20-27)41-32(3,4)30(38)34-16-18-35(19-17-34)31(39)40/h6,9-14,20,23,26H,7-8,15-19,21-22H2,1-5H3,(H,39,40)/t26-/m0/s1. The van der Waals surface area contributed by atoms with Crippen LogP contribution in [0.2, 0.25) is 0 Å². The highest BCUT2D eigenvalue weighted by molar-refractivity contribution is 5.85. The minimum atomic E-state index is -1.11. The van der Waals surface area contributed by atoms with Crippen LogP contribution in [0.15, 0.2) is 48.5 Å². The van der Waals surface area contributed by atoms with Crippen molar-refractivity contribution in [1.29, 1.82) is 0 Å². The zero-order chi connectivity index (χ0) is 29.7. The number of hydrogen-bond donors (Lipinski definition) is 1. The van der Waals surface area contributed by atoms with E-state index >= 15 is 0 Å². The molecule has 0 aromatic heterocycles. The number of nitrogens with zero attached hydrogens (tertiary/aromatic N) is 4. The van der Waals surface area contributed by atoms with Gasteiger partial charge in [-0.25, -0.2) is 4.79 Å². The number of piperidine rings is 1. The van der Waals surface area contributed by atoms with E-state index in [1.165, 1.54) is 10.5 Å². The van der Waals surface area contributed by atoms with Gasteiger partial charge in [-0.15, -0.1) is 0 Å². The number of amides is 3. The van der Waals surface area contributed by atoms with Crippen molar-refractivity contribution in [3.63, 3.8) is 0 Å². The molecular formula is C32H44N4O5. The molecule has 9 heteroatoms. The van der Waals surface area contributed by atoms with Crippen molar-refractivity contribution in [3.8, 4) is 5.75 Å². The number of carbonyl (C=O) groups is 3. The van der Waals surface area contributed by atoms with Gasteiger partial charge in [-0.3, -0.25) is 9.59 Å². The first-order valence-corrected chi connectivity index (χ1v) is 14.6. The number of benzene rings is 2. The molecule has 0 spiro atoms. The molecule has 0 radical (unpaired) electrons. The van der Waals surface area contributed by atoms with Crippen LogP contribution in [0.4, 0.5) is 10.5 Å². The predicted octanol–water partition coefficient (Wildman–Crippen LogP) is 4.66. The minimum absolute atomic E-state index is 0.0873. The van der Waals surface area contributed by atoms with E-state index in [0.717, 1.165) is 30.6 Å². The summed E-state index contributed by atoms with van der Waals surface area (Å²) in [6.45, 7) is 11.2. The Morgan fingerprint density at radius 3 is 2.29 bits per heavy atom. The van der Waals surface area contributed by atoms with Gasteiger partial charge in [-0.1, -0.05) is 44.2 Å². The Labute approximate surface area is 243 Å². The zero-order valence-electron chi connectivity index (χ0n) is 25.0. The summed E-state index contributed by atoms with van der Waals surface area (Å²) in [6.07, 6.45) is 0.818. The molecule has 4 rings (SSSR count). The first kappa shape index (κ1) is 30.2. The van der Waals surface area contributed by atoms with Crippen LogP contribution in [0, 0.1) is 5.92 Å². The fourth-order valence-electron chi connectivity index (χ4n) is 5.65. The van der Waals surface area contributed by atoms with Crippen LogP contribution in [0.3, 0.4) is 0 Å². The molecule has 2 aliphatic heterocycles. The molecule has 0 aliphatic carbocycles. The number of anilines is 1. The fraction of sp³-hybridized carbons (Fsp3) is 0.531. The molecule has 0 bridgehead atoms. The van der Waals surface area contributed by atoms with Crippen LogP contribution in [0.5, 0.6) is 5.75 Å². The van der Waals surface area contributed by atoms with E-state index in [4.69, 9.17) is 4.74 Å². The fourth-order valence-corrected chi connectivity index (χ4v) is 5.65. The van der Waals surface area contributed by atoms with Gasteiger partial charge in [-0.2, -0.15) is 0 Å². The van der Waals surface area contributed by atoms with Crippen LogP contribution in [0.25, 0.3) is 0 Å². The molecule has 41 heavy (non-hydrogen) atoms. The molecule has 9 nitrogen and oxygen atoms in total. The Hall–Kier alpha value is -3.75. The lowest BCUT2D eigenvalue weighted by Gasteiger charge is -2.38. The summed E-state index contributed by atoms with van der Waals surface area (Å²) in [5, 5.41) is 9.18. The monoisotopic (exact) mass is 564 g/mol. The Balaban J connectivity index is 1.35. The number of piperazine rings is 1. The van der Waals surface area contributed by atoms with Gasteiger partial charge >= 0.3 is 6.09 Å². The summed E-state index contributed by atoms with van der Waals surface area (Å²) < 4.78 is 6.20. The molecule has 2 fully saturated rings. The van der Waals surface area contributed by atoms with E-state index in [1.807, 2.05) is 36.2 Å². The largest absolute Gasteiger partial charge is 0.478 e. The molecule has 1 N–H and O–H groups in total. The average molecular weight is 565 g/mol. The second-order valence-corrected chi connectivity index (χ2v) is 12.0. The lowest BCUT2D eigenvalue weighted by molar-refractivity contribution is -0.147. The highest BCUT2D eigenvalue weighted by Crippen LogP contribution is 2.30. The third-order valence-corrected chi connectivity index (χ3v) is 8.12. The Kier molecular flexibility index (Phi) is 9.46. The molecule has 2 aliphatic rings. The molecule has 3 amide bonds. The van der Waals surface area contributed by atoms with Crippen LogP contribution < -0.4 is 9.64 Å². The second-order valence-electron chi connectivity index (χ2n) is 12.0. The van der Waals surface area contributed by atoms with Crippen molar-refractivity contribution in [2.45, 2.75) is 58.6 Å².